The van der Waals surface area contributed by atoms with Gasteiger partial charge in [0.15, 0.2) is 0 Å². The van der Waals surface area contributed by atoms with E-state index in [4.69, 9.17) is 4.52 Å². The summed E-state index contributed by atoms with van der Waals surface area (Å²) in [4.78, 5) is 21.3. The van der Waals surface area contributed by atoms with Crippen LogP contribution in [0.4, 0.5) is 5.69 Å². The van der Waals surface area contributed by atoms with Crippen molar-refractivity contribution in [3.8, 4) is 0 Å². The molecule has 0 radical (unpaired) electrons. The van der Waals surface area contributed by atoms with Crippen LogP contribution in [0.25, 0.3) is 0 Å². The van der Waals surface area contributed by atoms with Gasteiger partial charge in [0.2, 0.25) is 5.91 Å². The highest BCUT2D eigenvalue weighted by molar-refractivity contribution is 5.96. The number of aryl methyl sites for hydroxylation is 2. The minimum Gasteiger partial charge on any atom is -0.361 e. The number of pyridine rings is 1. The Balaban J connectivity index is 1.48. The fraction of sp³-hybridized carbons (Fsp3) is 0.500. The van der Waals surface area contributed by atoms with Gasteiger partial charge in [0.25, 0.3) is 0 Å². The maximum absolute atomic E-state index is 12.9. The highest BCUT2D eigenvalue weighted by Gasteiger charge is 2.43. The van der Waals surface area contributed by atoms with Crippen molar-refractivity contribution >= 4 is 11.6 Å². The molecule has 2 atom stereocenters. The number of likely N-dealkylation sites (tertiary alicyclic amines) is 1. The first-order valence-electron chi connectivity index (χ1n) is 8.49. The molecule has 2 saturated heterocycles. The molecular weight excluding hydrogens is 304 g/mol. The number of hydrogen-bond acceptors (Lipinski definition) is 5. The van der Waals surface area contributed by atoms with Crippen LogP contribution in [0.5, 0.6) is 0 Å². The molecule has 6 heteroatoms. The Labute approximate surface area is 141 Å². The number of carbonyl (C=O) groups excluding carboxylic acids is 1. The van der Waals surface area contributed by atoms with Crippen LogP contribution < -0.4 is 4.90 Å². The van der Waals surface area contributed by atoms with Crippen molar-refractivity contribution in [2.75, 3.05) is 24.5 Å². The molecule has 2 aromatic heterocycles. The number of aromatic nitrogens is 2. The second kappa shape index (κ2) is 6.02. The van der Waals surface area contributed by atoms with E-state index in [1.54, 1.807) is 12.4 Å². The maximum atomic E-state index is 12.9. The number of amides is 1. The summed E-state index contributed by atoms with van der Waals surface area (Å²) in [7, 11) is 0. The second-order valence-corrected chi connectivity index (χ2v) is 6.85. The van der Waals surface area contributed by atoms with E-state index in [9.17, 15) is 4.79 Å². The van der Waals surface area contributed by atoms with Gasteiger partial charge < -0.3 is 9.42 Å². The number of rotatable bonds is 3. The molecule has 4 rings (SSSR count). The molecular formula is C18H22N4O2. The van der Waals surface area contributed by atoms with E-state index in [2.05, 4.69) is 15.0 Å². The molecule has 4 heterocycles. The van der Waals surface area contributed by atoms with Crippen molar-refractivity contribution in [3.63, 3.8) is 0 Å². The number of carbonyl (C=O) groups is 1. The minimum atomic E-state index is 0.0828. The second-order valence-electron chi connectivity index (χ2n) is 6.85. The average Bonchev–Trinajstić information content (AvgIpc) is 3.15. The Kier molecular flexibility index (Phi) is 3.84. The molecule has 126 valence electrons. The van der Waals surface area contributed by atoms with E-state index < -0.39 is 0 Å². The highest BCUT2D eigenvalue weighted by atomic mass is 16.5. The zero-order valence-electron chi connectivity index (χ0n) is 14.1. The van der Waals surface area contributed by atoms with Gasteiger partial charge in [0, 0.05) is 37.9 Å². The van der Waals surface area contributed by atoms with Crippen LogP contribution in [-0.4, -0.2) is 40.6 Å². The number of nitrogens with zero attached hydrogens (tertiary/aromatic N) is 4. The molecule has 0 spiro atoms. The molecule has 2 unspecified atom stereocenters. The van der Waals surface area contributed by atoms with Crippen LogP contribution in [0, 0.1) is 25.7 Å². The predicted molar refractivity (Wildman–Crippen MR) is 89.4 cm³/mol. The Morgan fingerprint density at radius 2 is 2.21 bits per heavy atom. The molecule has 0 saturated carbocycles. The quantitative estimate of drug-likeness (QED) is 0.865. The molecule has 2 fully saturated rings. The van der Waals surface area contributed by atoms with Crippen molar-refractivity contribution in [1.82, 2.24) is 15.0 Å². The van der Waals surface area contributed by atoms with Crippen LogP contribution in [-0.2, 0) is 11.3 Å². The molecule has 2 aliphatic heterocycles. The fourth-order valence-corrected chi connectivity index (χ4v) is 3.99. The molecule has 2 aromatic rings. The summed E-state index contributed by atoms with van der Waals surface area (Å²) in [5.41, 5.74) is 3.01. The van der Waals surface area contributed by atoms with Gasteiger partial charge in [0.05, 0.1) is 23.5 Å². The van der Waals surface area contributed by atoms with E-state index in [-0.39, 0.29) is 11.8 Å². The average molecular weight is 326 g/mol. The van der Waals surface area contributed by atoms with Gasteiger partial charge in [-0.2, -0.15) is 0 Å². The topological polar surface area (TPSA) is 62.5 Å². The van der Waals surface area contributed by atoms with Crippen LogP contribution in [0.2, 0.25) is 0 Å². The molecule has 0 bridgehead atoms. The Hall–Kier alpha value is -2.21. The standard InChI is InChI=1S/C18H22N4O2/c1-12-16(13(2)24-20-12)10-21-9-14-5-7-22(18(23)17(14)11-21)15-4-3-6-19-8-15/h3-4,6,8,14,17H,5,7,9-11H2,1-2H3. The van der Waals surface area contributed by atoms with Gasteiger partial charge in [-0.1, -0.05) is 5.16 Å². The number of fused-ring (bicyclic) bond motifs is 1. The summed E-state index contributed by atoms with van der Waals surface area (Å²) in [5.74, 6) is 1.65. The number of anilines is 1. The first kappa shape index (κ1) is 15.3. The number of hydrogen-bond donors (Lipinski definition) is 0. The van der Waals surface area contributed by atoms with Gasteiger partial charge >= 0.3 is 0 Å². The summed E-state index contributed by atoms with van der Waals surface area (Å²) in [6.45, 7) is 7.31. The van der Waals surface area contributed by atoms with Gasteiger partial charge in [-0.15, -0.1) is 0 Å². The molecule has 0 aromatic carbocycles. The van der Waals surface area contributed by atoms with Gasteiger partial charge in [0.1, 0.15) is 5.76 Å². The molecule has 0 aliphatic carbocycles. The molecule has 2 aliphatic rings. The SMILES string of the molecule is Cc1noc(C)c1CN1CC2CCN(c3cccnc3)C(=O)C2C1. The summed E-state index contributed by atoms with van der Waals surface area (Å²) >= 11 is 0. The summed E-state index contributed by atoms with van der Waals surface area (Å²) in [5, 5.41) is 4.03. The summed E-state index contributed by atoms with van der Waals surface area (Å²) < 4.78 is 5.26. The van der Waals surface area contributed by atoms with Crippen molar-refractivity contribution < 1.29 is 9.32 Å². The third kappa shape index (κ3) is 2.60. The van der Waals surface area contributed by atoms with Gasteiger partial charge in [-0.05, 0) is 38.3 Å². The van der Waals surface area contributed by atoms with Crippen molar-refractivity contribution in [2.45, 2.75) is 26.8 Å². The lowest BCUT2D eigenvalue weighted by Crippen LogP contribution is -2.45. The minimum absolute atomic E-state index is 0.0828. The first-order chi connectivity index (χ1) is 11.6. The van der Waals surface area contributed by atoms with Crippen molar-refractivity contribution in [3.05, 3.63) is 41.5 Å². The van der Waals surface area contributed by atoms with Crippen molar-refractivity contribution in [1.29, 1.82) is 0 Å². The van der Waals surface area contributed by atoms with Crippen LogP contribution in [0.3, 0.4) is 0 Å². The van der Waals surface area contributed by atoms with Crippen LogP contribution in [0.15, 0.2) is 29.0 Å². The van der Waals surface area contributed by atoms with Crippen molar-refractivity contribution in [2.24, 2.45) is 11.8 Å². The van der Waals surface area contributed by atoms with E-state index in [1.807, 2.05) is 30.9 Å². The van der Waals surface area contributed by atoms with Crippen LogP contribution in [0.1, 0.15) is 23.4 Å². The van der Waals surface area contributed by atoms with E-state index in [0.29, 0.717) is 5.92 Å². The summed E-state index contributed by atoms with van der Waals surface area (Å²) in [6, 6.07) is 3.84. The van der Waals surface area contributed by atoms with E-state index >= 15 is 0 Å². The Bertz CT molecular complexity index is 723. The third-order valence-corrected chi connectivity index (χ3v) is 5.34. The molecule has 6 nitrogen and oxygen atoms in total. The summed E-state index contributed by atoms with van der Waals surface area (Å²) in [6.07, 6.45) is 4.56. The first-order valence-corrected chi connectivity index (χ1v) is 8.49. The smallest absolute Gasteiger partial charge is 0.231 e. The third-order valence-electron chi connectivity index (χ3n) is 5.34. The zero-order chi connectivity index (χ0) is 16.7. The molecule has 0 N–H and O–H groups in total. The Morgan fingerprint density at radius 3 is 2.92 bits per heavy atom. The lowest BCUT2D eigenvalue weighted by molar-refractivity contribution is -0.124. The monoisotopic (exact) mass is 326 g/mol. The molecule has 24 heavy (non-hydrogen) atoms. The van der Waals surface area contributed by atoms with E-state index in [1.165, 1.54) is 0 Å². The zero-order valence-corrected chi connectivity index (χ0v) is 14.1. The van der Waals surface area contributed by atoms with Crippen LogP contribution >= 0.6 is 0 Å². The maximum Gasteiger partial charge on any atom is 0.231 e. The lowest BCUT2D eigenvalue weighted by Gasteiger charge is -2.33. The normalized spacial score (nSPS) is 24.4. The highest BCUT2D eigenvalue weighted by Crippen LogP contribution is 2.35. The van der Waals surface area contributed by atoms with Gasteiger partial charge in [-0.25, -0.2) is 0 Å². The number of piperidine rings is 1. The largest absolute Gasteiger partial charge is 0.361 e. The van der Waals surface area contributed by atoms with Gasteiger partial charge in [-0.3, -0.25) is 14.7 Å². The predicted octanol–water partition coefficient (Wildman–Crippen LogP) is 2.17. The lowest BCUT2D eigenvalue weighted by atomic mass is 9.88. The fourth-order valence-electron chi connectivity index (χ4n) is 3.99. The van der Waals surface area contributed by atoms with E-state index in [0.717, 1.165) is 55.3 Å². The Morgan fingerprint density at radius 1 is 1.33 bits per heavy atom. The molecule has 1 amide bonds.